The van der Waals surface area contributed by atoms with Crippen LogP contribution < -0.4 is 0 Å². The summed E-state index contributed by atoms with van der Waals surface area (Å²) in [6.07, 6.45) is 0. The second-order valence-electron chi connectivity index (χ2n) is 0.908. The molecular formula is C3H3P3. The summed E-state index contributed by atoms with van der Waals surface area (Å²) in [5.41, 5.74) is 2.18. The Hall–Kier alpha value is 0.510. The number of rotatable bonds is 0. The first kappa shape index (κ1) is 4.66. The molecule has 0 saturated carbocycles. The van der Waals surface area contributed by atoms with Crippen molar-refractivity contribution < 1.29 is 0 Å². The van der Waals surface area contributed by atoms with E-state index in [-0.39, 0.29) is 0 Å². The average molecular weight is 132 g/mol. The van der Waals surface area contributed by atoms with Crippen LogP contribution in [0.15, 0.2) is 0 Å². The molecular weight excluding hydrogens is 129 g/mol. The van der Waals surface area contributed by atoms with Crippen LogP contribution in [0.25, 0.3) is 0 Å². The summed E-state index contributed by atoms with van der Waals surface area (Å²) >= 11 is 0. The minimum atomic E-state index is 1.29. The molecule has 1 heterocycles. The highest BCUT2D eigenvalue weighted by molar-refractivity contribution is 7.90. The van der Waals surface area contributed by atoms with Crippen LogP contribution in [0.4, 0.5) is 0 Å². The molecule has 0 saturated heterocycles. The Morgan fingerprint density at radius 3 is 2.67 bits per heavy atom. The minimum absolute atomic E-state index is 1.29. The van der Waals surface area contributed by atoms with Gasteiger partial charge in [0.05, 0.1) is 0 Å². The van der Waals surface area contributed by atoms with Crippen molar-refractivity contribution in [2.45, 2.75) is 0 Å². The summed E-state index contributed by atoms with van der Waals surface area (Å²) in [6, 6.07) is 0. The second-order valence-corrected chi connectivity index (χ2v) is 4.09. The standard InChI is InChI=1S/C3H3P3/c4-3-1-5-2-6-3/h1-2,4H. The van der Waals surface area contributed by atoms with Crippen molar-refractivity contribution in [3.63, 3.8) is 0 Å². The van der Waals surface area contributed by atoms with Crippen molar-refractivity contribution in [3.05, 3.63) is 0 Å². The lowest BCUT2D eigenvalue weighted by atomic mass is 11.0. The van der Waals surface area contributed by atoms with Gasteiger partial charge >= 0.3 is 0 Å². The maximum atomic E-state index is 3.39. The Morgan fingerprint density at radius 2 is 2.50 bits per heavy atom. The molecule has 6 heavy (non-hydrogen) atoms. The van der Waals surface area contributed by atoms with Gasteiger partial charge in [0.1, 0.15) is 0 Å². The van der Waals surface area contributed by atoms with Gasteiger partial charge in [-0.05, 0) is 11.3 Å². The fraction of sp³-hybridized carbons (Fsp3) is 0. The van der Waals surface area contributed by atoms with Crippen LogP contribution in [0.1, 0.15) is 0 Å². The summed E-state index contributed by atoms with van der Waals surface area (Å²) in [5.74, 6) is 2.14. The predicted octanol–water partition coefficient (Wildman–Crippen LogP) is 1.73. The van der Waals surface area contributed by atoms with Gasteiger partial charge in [0, 0.05) is 5.03 Å². The van der Waals surface area contributed by atoms with Gasteiger partial charge in [0.2, 0.25) is 0 Å². The highest BCUT2D eigenvalue weighted by Gasteiger charge is 1.83. The number of hydrogen-bond donors (Lipinski definition) is 0. The molecule has 3 heteroatoms. The fourth-order valence-electron chi connectivity index (χ4n) is 0.233. The van der Waals surface area contributed by atoms with Crippen LogP contribution in [-0.4, -0.2) is 16.4 Å². The summed E-state index contributed by atoms with van der Waals surface area (Å²) in [6.45, 7) is 0. The van der Waals surface area contributed by atoms with Gasteiger partial charge in [-0.25, -0.2) is 0 Å². The van der Waals surface area contributed by atoms with Gasteiger partial charge in [-0.15, -0.1) is 8.86 Å². The Balaban J connectivity index is 2.86. The highest BCUT2D eigenvalue weighted by atomic mass is 31.1. The van der Waals surface area contributed by atoms with Gasteiger partial charge in [-0.1, -0.05) is 16.4 Å². The Labute approximate surface area is 42.4 Å². The molecule has 0 spiro atoms. The summed E-state index contributed by atoms with van der Waals surface area (Å²) in [5, 5.41) is 1.29. The molecule has 1 rings (SSSR count). The number of hydrogen-bond acceptors (Lipinski definition) is 0. The Kier molecular flexibility index (Phi) is 1.54. The van der Waals surface area contributed by atoms with E-state index in [1.165, 1.54) is 21.4 Å². The van der Waals surface area contributed by atoms with E-state index in [1.807, 2.05) is 0 Å². The lowest BCUT2D eigenvalue weighted by Crippen LogP contribution is -1.69. The molecule has 0 aliphatic carbocycles. The lowest BCUT2D eigenvalue weighted by Gasteiger charge is -1.67. The minimum Gasteiger partial charge on any atom is -0.109 e. The molecule has 0 atom stereocenters. The summed E-state index contributed by atoms with van der Waals surface area (Å²) in [4.78, 5) is 0. The van der Waals surface area contributed by atoms with Gasteiger partial charge in [-0.3, -0.25) is 0 Å². The molecule has 0 fully saturated rings. The lowest BCUT2D eigenvalue weighted by molar-refractivity contribution is 3.69. The molecule has 30 valence electrons. The summed E-state index contributed by atoms with van der Waals surface area (Å²) in [7, 11) is 6.06. The monoisotopic (exact) mass is 132 g/mol. The third-order valence-electron chi connectivity index (χ3n) is 0.460. The molecule has 0 aromatic rings. The van der Waals surface area contributed by atoms with E-state index in [0.29, 0.717) is 0 Å². The van der Waals surface area contributed by atoms with Crippen LogP contribution in [0.2, 0.25) is 0 Å². The van der Waals surface area contributed by atoms with Crippen molar-refractivity contribution >= 4 is 41.6 Å². The average Bonchev–Trinajstić information content (AvgIpc) is 1.86. The normalized spacial score (nSPS) is 22.3. The molecule has 1 aliphatic heterocycles. The van der Waals surface area contributed by atoms with Crippen molar-refractivity contribution in [2.24, 2.45) is 0 Å². The van der Waals surface area contributed by atoms with Crippen LogP contribution in [-0.2, 0) is 0 Å². The third-order valence-corrected chi connectivity index (χ3v) is 3.25. The van der Waals surface area contributed by atoms with Crippen LogP contribution in [0, 0.1) is 0 Å². The molecule has 0 N–H and O–H groups in total. The maximum absolute atomic E-state index is 3.39. The van der Waals surface area contributed by atoms with E-state index in [4.69, 9.17) is 0 Å². The smallest absolute Gasteiger partial charge is 0.0265 e. The molecule has 0 aromatic carbocycles. The topological polar surface area (TPSA) is 0 Å². The molecule has 1 aliphatic rings. The predicted molar refractivity (Wildman–Crippen MR) is 39.3 cm³/mol. The quantitative estimate of drug-likeness (QED) is 0.440. The highest BCUT2D eigenvalue weighted by Crippen LogP contribution is 2.12. The van der Waals surface area contributed by atoms with Crippen LogP contribution >= 0.6 is 25.3 Å². The van der Waals surface area contributed by atoms with Gasteiger partial charge in [0.25, 0.3) is 0 Å². The van der Waals surface area contributed by atoms with Crippen molar-refractivity contribution in [2.75, 3.05) is 0 Å². The second kappa shape index (κ2) is 1.99. The van der Waals surface area contributed by atoms with E-state index in [0.717, 1.165) is 0 Å². The van der Waals surface area contributed by atoms with Crippen LogP contribution in [0.5, 0.6) is 0 Å². The molecule has 0 nitrogen and oxygen atoms in total. The SMILES string of the molecule is P=C1C=PC=P1. The Bertz CT molecular complexity index is 108. The van der Waals surface area contributed by atoms with E-state index >= 15 is 0 Å². The van der Waals surface area contributed by atoms with Crippen molar-refractivity contribution in [1.82, 2.24) is 0 Å². The fourth-order valence-corrected chi connectivity index (χ4v) is 2.61. The molecule has 0 aromatic heterocycles. The molecule has 0 amide bonds. The van der Waals surface area contributed by atoms with E-state index < -0.39 is 0 Å². The van der Waals surface area contributed by atoms with Crippen molar-refractivity contribution in [3.8, 4) is 0 Å². The first-order valence-electron chi connectivity index (χ1n) is 1.54. The largest absolute Gasteiger partial charge is 0.109 e. The summed E-state index contributed by atoms with van der Waals surface area (Å²) < 4.78 is 0. The van der Waals surface area contributed by atoms with Gasteiger partial charge < -0.3 is 0 Å². The van der Waals surface area contributed by atoms with Crippen molar-refractivity contribution in [1.29, 1.82) is 0 Å². The van der Waals surface area contributed by atoms with Gasteiger partial charge in [0.15, 0.2) is 0 Å². The van der Waals surface area contributed by atoms with Crippen LogP contribution in [0.3, 0.4) is 0 Å². The zero-order chi connectivity index (χ0) is 4.41. The third kappa shape index (κ3) is 0.985. The first-order valence-corrected chi connectivity index (χ1v) is 4.03. The zero-order valence-electron chi connectivity index (χ0n) is 3.05. The molecule has 0 radical (unpaired) electrons. The van der Waals surface area contributed by atoms with E-state index in [2.05, 4.69) is 20.2 Å². The Morgan fingerprint density at radius 1 is 1.67 bits per heavy atom. The first-order chi connectivity index (χ1) is 2.89. The van der Waals surface area contributed by atoms with E-state index in [1.54, 1.807) is 0 Å². The van der Waals surface area contributed by atoms with E-state index in [9.17, 15) is 0 Å². The molecule has 0 unspecified atom stereocenters. The molecule has 0 bridgehead atoms. The zero-order valence-corrected chi connectivity index (χ0v) is 5.84. The van der Waals surface area contributed by atoms with Gasteiger partial charge in [-0.2, -0.15) is 0 Å². The maximum Gasteiger partial charge on any atom is 0.0265 e.